The summed E-state index contributed by atoms with van der Waals surface area (Å²) in [6, 6.07) is 7.27. The maximum absolute atomic E-state index is 13.4. The van der Waals surface area contributed by atoms with Gasteiger partial charge in [-0.1, -0.05) is 0 Å². The minimum Gasteiger partial charge on any atom is -0.494 e. The van der Waals surface area contributed by atoms with Gasteiger partial charge in [0.25, 0.3) is 0 Å². The van der Waals surface area contributed by atoms with Crippen LogP contribution >= 0.6 is 12.2 Å². The molecule has 0 atom stereocenters. The van der Waals surface area contributed by atoms with E-state index in [0.29, 0.717) is 16.9 Å². The van der Waals surface area contributed by atoms with Crippen LogP contribution in [0.1, 0.15) is 5.56 Å². The van der Waals surface area contributed by atoms with E-state index in [9.17, 15) is 4.39 Å². The van der Waals surface area contributed by atoms with E-state index in [1.54, 1.807) is 31.6 Å². The van der Waals surface area contributed by atoms with Crippen molar-refractivity contribution in [3.05, 3.63) is 48.0 Å². The number of anilines is 2. The molecule has 2 aliphatic heterocycles. The quantitative estimate of drug-likeness (QED) is 0.851. The van der Waals surface area contributed by atoms with Crippen LogP contribution in [0.25, 0.3) is 0 Å². The molecule has 1 fully saturated rings. The van der Waals surface area contributed by atoms with Gasteiger partial charge in [0.2, 0.25) is 0 Å². The first-order chi connectivity index (χ1) is 12.2. The third kappa shape index (κ3) is 3.00. The van der Waals surface area contributed by atoms with Gasteiger partial charge in [-0.15, -0.1) is 0 Å². The van der Waals surface area contributed by atoms with Crippen molar-refractivity contribution < 1.29 is 9.13 Å². The topological polar surface area (TPSA) is 40.6 Å². The van der Waals surface area contributed by atoms with E-state index in [1.165, 1.54) is 6.07 Å². The van der Waals surface area contributed by atoms with E-state index in [2.05, 4.69) is 20.1 Å². The Kier molecular flexibility index (Phi) is 4.17. The second-order valence-corrected chi connectivity index (χ2v) is 6.67. The van der Waals surface area contributed by atoms with Crippen molar-refractivity contribution in [2.24, 2.45) is 0 Å². The number of ether oxygens (including phenoxy) is 1. The number of likely N-dealkylation sites (tertiary alicyclic amines) is 1. The van der Waals surface area contributed by atoms with Gasteiger partial charge in [0, 0.05) is 37.6 Å². The Morgan fingerprint density at radius 1 is 1.36 bits per heavy atom. The zero-order valence-corrected chi connectivity index (χ0v) is 14.7. The first-order valence-electron chi connectivity index (χ1n) is 8.24. The number of halogens is 1. The summed E-state index contributed by atoms with van der Waals surface area (Å²) in [5, 5.41) is 3.87. The molecule has 3 heterocycles. The number of methoxy groups -OCH3 is 1. The molecule has 2 aliphatic rings. The second-order valence-electron chi connectivity index (χ2n) is 6.28. The Morgan fingerprint density at radius 2 is 2.20 bits per heavy atom. The van der Waals surface area contributed by atoms with E-state index in [1.807, 2.05) is 6.07 Å². The number of nitrogens with one attached hydrogen (secondary N) is 1. The normalized spacial score (nSPS) is 16.4. The first-order valence-corrected chi connectivity index (χ1v) is 8.65. The zero-order valence-electron chi connectivity index (χ0n) is 13.9. The largest absolute Gasteiger partial charge is 0.494 e. The highest BCUT2D eigenvalue weighted by molar-refractivity contribution is 7.80. The molecule has 1 saturated heterocycles. The van der Waals surface area contributed by atoms with Gasteiger partial charge < -0.3 is 19.9 Å². The average Bonchev–Trinajstić information content (AvgIpc) is 2.97. The number of aromatic nitrogens is 1. The van der Waals surface area contributed by atoms with Gasteiger partial charge in [-0.05, 0) is 42.4 Å². The minimum absolute atomic E-state index is 0.161. The Labute approximate surface area is 151 Å². The predicted molar refractivity (Wildman–Crippen MR) is 99.8 cm³/mol. The van der Waals surface area contributed by atoms with Gasteiger partial charge in [0.05, 0.1) is 19.3 Å². The summed E-state index contributed by atoms with van der Waals surface area (Å²) >= 11 is 5.50. The molecule has 0 aliphatic carbocycles. The molecule has 0 amide bonds. The molecule has 2 aromatic rings. The van der Waals surface area contributed by atoms with Crippen LogP contribution in [0.5, 0.6) is 5.75 Å². The maximum Gasteiger partial charge on any atom is 0.173 e. The van der Waals surface area contributed by atoms with Gasteiger partial charge >= 0.3 is 0 Å². The van der Waals surface area contributed by atoms with Gasteiger partial charge in [-0.3, -0.25) is 4.98 Å². The summed E-state index contributed by atoms with van der Waals surface area (Å²) in [5.41, 5.74) is 3.01. The van der Waals surface area contributed by atoms with Gasteiger partial charge in [-0.2, -0.15) is 0 Å². The molecule has 0 spiro atoms. The van der Waals surface area contributed by atoms with Gasteiger partial charge in [0.1, 0.15) is 17.3 Å². The van der Waals surface area contributed by atoms with E-state index in [-0.39, 0.29) is 5.82 Å². The van der Waals surface area contributed by atoms with Crippen molar-refractivity contribution in [2.75, 3.05) is 37.0 Å². The molecule has 5 nitrogen and oxygen atoms in total. The Balaban J connectivity index is 1.37. The molecule has 1 aromatic heterocycles. The third-order valence-electron chi connectivity index (χ3n) is 4.81. The van der Waals surface area contributed by atoms with E-state index < -0.39 is 0 Å². The smallest absolute Gasteiger partial charge is 0.173 e. The molecule has 25 heavy (non-hydrogen) atoms. The Bertz CT molecular complexity index is 809. The standard InChI is InChI=1S/C18H19FN4OS/c1-24-17-4-6-20-9-15(17)21-18(25)22-10-14(11-22)23-7-5-12-8-13(19)2-3-16(12)23/h2-4,6,8-9,14H,5,7,10-11H2,1H3,(H,21,25). The predicted octanol–water partition coefficient (Wildman–Crippen LogP) is 2.67. The number of rotatable bonds is 3. The van der Waals surface area contributed by atoms with E-state index >= 15 is 0 Å². The number of hydrogen-bond donors (Lipinski definition) is 1. The average molecular weight is 358 g/mol. The molecule has 130 valence electrons. The van der Waals surface area contributed by atoms with Crippen molar-refractivity contribution in [1.29, 1.82) is 0 Å². The fraction of sp³-hybridized carbons (Fsp3) is 0.333. The molecule has 7 heteroatoms. The molecule has 1 aromatic carbocycles. The molecule has 4 rings (SSSR count). The second kappa shape index (κ2) is 6.48. The lowest BCUT2D eigenvalue weighted by molar-refractivity contribution is 0.247. The van der Waals surface area contributed by atoms with Crippen LogP contribution in [0.4, 0.5) is 15.8 Å². The SMILES string of the molecule is COc1ccncc1NC(=S)N1CC(N2CCc3cc(F)ccc32)C1. The van der Waals surface area contributed by atoms with Crippen LogP contribution in [0.2, 0.25) is 0 Å². The maximum atomic E-state index is 13.4. The lowest BCUT2D eigenvalue weighted by Crippen LogP contribution is -2.61. The van der Waals surface area contributed by atoms with Crippen LogP contribution in [0.3, 0.4) is 0 Å². The van der Waals surface area contributed by atoms with Crippen molar-refractivity contribution >= 4 is 28.7 Å². The number of fused-ring (bicyclic) bond motifs is 1. The Morgan fingerprint density at radius 3 is 3.00 bits per heavy atom. The highest BCUT2D eigenvalue weighted by Gasteiger charge is 2.36. The Hall–Kier alpha value is -2.41. The fourth-order valence-corrected chi connectivity index (χ4v) is 3.70. The highest BCUT2D eigenvalue weighted by Crippen LogP contribution is 2.33. The molecule has 0 bridgehead atoms. The van der Waals surface area contributed by atoms with Crippen molar-refractivity contribution in [1.82, 2.24) is 9.88 Å². The number of pyridine rings is 1. The molecule has 0 unspecified atom stereocenters. The van der Waals surface area contributed by atoms with Crippen LogP contribution in [0.15, 0.2) is 36.7 Å². The summed E-state index contributed by atoms with van der Waals surface area (Å²) < 4.78 is 18.7. The van der Waals surface area contributed by atoms with E-state index in [4.69, 9.17) is 17.0 Å². The molecule has 1 N–H and O–H groups in total. The number of nitrogens with zero attached hydrogens (tertiary/aromatic N) is 3. The highest BCUT2D eigenvalue weighted by atomic mass is 32.1. The number of thiocarbonyl (C=S) groups is 1. The molecule has 0 saturated carbocycles. The number of hydrogen-bond acceptors (Lipinski definition) is 4. The third-order valence-corrected chi connectivity index (χ3v) is 5.17. The van der Waals surface area contributed by atoms with Gasteiger partial charge in [0.15, 0.2) is 5.11 Å². The lowest BCUT2D eigenvalue weighted by Gasteiger charge is -2.46. The van der Waals surface area contributed by atoms with Crippen molar-refractivity contribution in [3.63, 3.8) is 0 Å². The first kappa shape index (κ1) is 16.1. The fourth-order valence-electron chi connectivity index (χ4n) is 3.44. The van der Waals surface area contributed by atoms with Crippen molar-refractivity contribution in [3.8, 4) is 5.75 Å². The summed E-state index contributed by atoms with van der Waals surface area (Å²) in [7, 11) is 1.62. The monoisotopic (exact) mass is 358 g/mol. The van der Waals surface area contributed by atoms with Gasteiger partial charge in [-0.25, -0.2) is 4.39 Å². The van der Waals surface area contributed by atoms with E-state index in [0.717, 1.165) is 43.0 Å². The lowest BCUT2D eigenvalue weighted by atomic mass is 10.1. The number of benzene rings is 1. The van der Waals surface area contributed by atoms with Crippen LogP contribution in [0, 0.1) is 5.82 Å². The summed E-state index contributed by atoms with van der Waals surface area (Å²) in [6.45, 7) is 2.64. The zero-order chi connectivity index (χ0) is 17.4. The van der Waals surface area contributed by atoms with Crippen LogP contribution in [-0.2, 0) is 6.42 Å². The van der Waals surface area contributed by atoms with Crippen LogP contribution < -0.4 is 15.0 Å². The summed E-state index contributed by atoms with van der Waals surface area (Å²) in [4.78, 5) is 8.58. The minimum atomic E-state index is -0.161. The molecular formula is C18H19FN4OS. The summed E-state index contributed by atoms with van der Waals surface area (Å²) in [5.74, 6) is 0.552. The van der Waals surface area contributed by atoms with Crippen LogP contribution in [-0.4, -0.2) is 47.8 Å². The summed E-state index contributed by atoms with van der Waals surface area (Å²) in [6.07, 6.45) is 4.28. The molecular weight excluding hydrogens is 339 g/mol. The van der Waals surface area contributed by atoms with Crippen molar-refractivity contribution in [2.45, 2.75) is 12.5 Å². The molecule has 0 radical (unpaired) electrons.